The predicted molar refractivity (Wildman–Crippen MR) is 45.0 cm³/mol. The third-order valence-electron chi connectivity index (χ3n) is 2.39. The van der Waals surface area contributed by atoms with Crippen molar-refractivity contribution in [1.29, 1.82) is 0 Å². The molecule has 1 rings (SSSR count). The molecule has 0 radical (unpaired) electrons. The molecule has 5 heteroatoms. The Kier molecular flexibility index (Phi) is 3.24. The van der Waals surface area contributed by atoms with E-state index in [0.29, 0.717) is 26.1 Å². The molecule has 1 atom stereocenters. The summed E-state index contributed by atoms with van der Waals surface area (Å²) in [5.74, 6) is -0.579. The maximum absolute atomic E-state index is 11.1. The van der Waals surface area contributed by atoms with Crippen LogP contribution in [-0.4, -0.2) is 43.0 Å². The zero-order chi connectivity index (χ0) is 9.90. The summed E-state index contributed by atoms with van der Waals surface area (Å²) in [5.41, 5.74) is 4.40. The molecule has 0 aromatic carbocycles. The minimum Gasteiger partial charge on any atom is -0.468 e. The Morgan fingerprint density at radius 3 is 2.62 bits per heavy atom. The van der Waals surface area contributed by atoms with Crippen molar-refractivity contribution in [3.8, 4) is 0 Å². The molecule has 76 valence electrons. The summed E-state index contributed by atoms with van der Waals surface area (Å²) in [7, 11) is 1.25. The van der Waals surface area contributed by atoms with E-state index in [2.05, 4.69) is 4.74 Å². The number of hydrogen-bond donors (Lipinski definition) is 2. The topological polar surface area (TPSA) is 81.8 Å². The summed E-state index contributed by atoms with van der Waals surface area (Å²) < 4.78 is 9.53. The number of ether oxygens (including phenoxy) is 2. The van der Waals surface area contributed by atoms with Crippen molar-refractivity contribution in [1.82, 2.24) is 0 Å². The summed E-state index contributed by atoms with van der Waals surface area (Å²) in [4.78, 5) is 11.1. The van der Waals surface area contributed by atoms with Crippen molar-refractivity contribution < 1.29 is 19.4 Å². The Morgan fingerprint density at radius 2 is 2.15 bits per heavy atom. The molecular weight excluding hydrogens is 174 g/mol. The van der Waals surface area contributed by atoms with E-state index in [1.54, 1.807) is 0 Å². The van der Waals surface area contributed by atoms with E-state index in [1.807, 2.05) is 0 Å². The smallest absolute Gasteiger partial charge is 0.325 e. The summed E-state index contributed by atoms with van der Waals surface area (Å²) >= 11 is 0. The van der Waals surface area contributed by atoms with Crippen LogP contribution >= 0.6 is 0 Å². The minimum atomic E-state index is -1.16. The maximum atomic E-state index is 11.1. The molecule has 1 saturated heterocycles. The Labute approximate surface area is 76.8 Å². The first-order valence-corrected chi connectivity index (χ1v) is 4.24. The SMILES string of the molecule is COC(=O)[C@H](N)C1(O)CCOCC1. The molecule has 0 amide bonds. The maximum Gasteiger partial charge on any atom is 0.325 e. The number of hydrogen-bond acceptors (Lipinski definition) is 5. The highest BCUT2D eigenvalue weighted by molar-refractivity contribution is 5.76. The lowest BCUT2D eigenvalue weighted by Crippen LogP contribution is -2.55. The second kappa shape index (κ2) is 4.04. The van der Waals surface area contributed by atoms with E-state index in [4.69, 9.17) is 10.5 Å². The van der Waals surface area contributed by atoms with Crippen LogP contribution in [0.25, 0.3) is 0 Å². The number of rotatable bonds is 2. The lowest BCUT2D eigenvalue weighted by molar-refractivity contribution is -0.154. The van der Waals surface area contributed by atoms with Crippen molar-refractivity contribution in [3.63, 3.8) is 0 Å². The second-order valence-electron chi connectivity index (χ2n) is 3.22. The number of carbonyl (C=O) groups is 1. The van der Waals surface area contributed by atoms with E-state index >= 15 is 0 Å². The minimum absolute atomic E-state index is 0.378. The normalized spacial score (nSPS) is 23.6. The van der Waals surface area contributed by atoms with E-state index in [9.17, 15) is 9.90 Å². The van der Waals surface area contributed by atoms with Gasteiger partial charge in [-0.15, -0.1) is 0 Å². The van der Waals surface area contributed by atoms with Crippen molar-refractivity contribution in [3.05, 3.63) is 0 Å². The van der Waals surface area contributed by atoms with Crippen molar-refractivity contribution in [2.75, 3.05) is 20.3 Å². The van der Waals surface area contributed by atoms with Gasteiger partial charge in [-0.1, -0.05) is 0 Å². The van der Waals surface area contributed by atoms with Crippen LogP contribution in [0, 0.1) is 0 Å². The Bertz CT molecular complexity index is 189. The van der Waals surface area contributed by atoms with Gasteiger partial charge in [-0.2, -0.15) is 0 Å². The van der Waals surface area contributed by atoms with Gasteiger partial charge in [-0.05, 0) is 0 Å². The highest BCUT2D eigenvalue weighted by atomic mass is 16.5. The highest BCUT2D eigenvalue weighted by Gasteiger charge is 2.40. The van der Waals surface area contributed by atoms with Gasteiger partial charge in [0.2, 0.25) is 0 Å². The van der Waals surface area contributed by atoms with Gasteiger partial charge in [0.05, 0.1) is 12.7 Å². The Morgan fingerprint density at radius 1 is 1.62 bits per heavy atom. The highest BCUT2D eigenvalue weighted by Crippen LogP contribution is 2.23. The zero-order valence-corrected chi connectivity index (χ0v) is 7.66. The number of nitrogens with two attached hydrogens (primary N) is 1. The van der Waals surface area contributed by atoms with Crippen LogP contribution in [0.5, 0.6) is 0 Å². The van der Waals surface area contributed by atoms with Gasteiger partial charge < -0.3 is 20.3 Å². The zero-order valence-electron chi connectivity index (χ0n) is 7.66. The molecule has 1 heterocycles. The summed E-state index contributed by atoms with van der Waals surface area (Å²) in [6.07, 6.45) is 0.756. The molecule has 3 N–H and O–H groups in total. The Balaban J connectivity index is 2.61. The summed E-state index contributed by atoms with van der Waals surface area (Å²) in [5, 5.41) is 9.94. The lowest BCUT2D eigenvalue weighted by atomic mass is 9.87. The molecule has 0 aromatic rings. The van der Waals surface area contributed by atoms with Crippen LogP contribution in [-0.2, 0) is 14.3 Å². The molecule has 13 heavy (non-hydrogen) atoms. The number of aliphatic hydroxyl groups is 1. The molecule has 0 saturated carbocycles. The quantitative estimate of drug-likeness (QED) is 0.546. The molecule has 5 nitrogen and oxygen atoms in total. The van der Waals surface area contributed by atoms with Crippen molar-refractivity contribution in [2.24, 2.45) is 5.73 Å². The van der Waals surface area contributed by atoms with Gasteiger partial charge >= 0.3 is 5.97 Å². The average Bonchev–Trinajstić information content (AvgIpc) is 2.16. The third-order valence-corrected chi connectivity index (χ3v) is 2.39. The standard InChI is InChI=1S/C8H15NO4/c1-12-7(10)6(9)8(11)2-4-13-5-3-8/h6,11H,2-5,9H2,1H3/t6-/m0/s1. The number of esters is 1. The average molecular weight is 189 g/mol. The van der Waals surface area contributed by atoms with Crippen LogP contribution in [0.3, 0.4) is 0 Å². The fraction of sp³-hybridized carbons (Fsp3) is 0.875. The van der Waals surface area contributed by atoms with E-state index in [1.165, 1.54) is 7.11 Å². The molecule has 1 aliphatic rings. The molecule has 1 fully saturated rings. The van der Waals surface area contributed by atoms with Gasteiger partial charge in [0.1, 0.15) is 6.04 Å². The molecule has 0 aliphatic carbocycles. The van der Waals surface area contributed by atoms with Crippen LogP contribution < -0.4 is 5.73 Å². The monoisotopic (exact) mass is 189 g/mol. The van der Waals surface area contributed by atoms with Gasteiger partial charge in [0.15, 0.2) is 0 Å². The molecule has 0 aromatic heterocycles. The largest absolute Gasteiger partial charge is 0.468 e. The molecule has 0 bridgehead atoms. The van der Waals surface area contributed by atoms with Crippen LogP contribution in [0.15, 0.2) is 0 Å². The van der Waals surface area contributed by atoms with E-state index in [-0.39, 0.29) is 0 Å². The van der Waals surface area contributed by atoms with Gasteiger partial charge in [-0.25, -0.2) is 0 Å². The van der Waals surface area contributed by atoms with Gasteiger partial charge in [-0.3, -0.25) is 4.79 Å². The third kappa shape index (κ3) is 2.18. The number of methoxy groups -OCH3 is 1. The first-order valence-electron chi connectivity index (χ1n) is 4.24. The van der Waals surface area contributed by atoms with Crippen molar-refractivity contribution in [2.45, 2.75) is 24.5 Å². The van der Waals surface area contributed by atoms with Crippen LogP contribution in [0.2, 0.25) is 0 Å². The molecule has 0 spiro atoms. The fourth-order valence-electron chi connectivity index (χ4n) is 1.38. The van der Waals surface area contributed by atoms with Gasteiger partial charge in [0, 0.05) is 26.1 Å². The first kappa shape index (κ1) is 10.4. The second-order valence-corrected chi connectivity index (χ2v) is 3.22. The fourth-order valence-corrected chi connectivity index (χ4v) is 1.38. The molecular formula is C8H15NO4. The van der Waals surface area contributed by atoms with Crippen LogP contribution in [0.4, 0.5) is 0 Å². The first-order chi connectivity index (χ1) is 6.10. The predicted octanol–water partition coefficient (Wildman–Crippen LogP) is -0.972. The number of carbonyl (C=O) groups excluding carboxylic acids is 1. The molecule has 1 aliphatic heterocycles. The van der Waals surface area contributed by atoms with Gasteiger partial charge in [0.25, 0.3) is 0 Å². The van der Waals surface area contributed by atoms with E-state index < -0.39 is 17.6 Å². The van der Waals surface area contributed by atoms with Crippen LogP contribution in [0.1, 0.15) is 12.8 Å². The van der Waals surface area contributed by atoms with Crippen molar-refractivity contribution >= 4 is 5.97 Å². The summed E-state index contributed by atoms with van der Waals surface area (Å²) in [6.45, 7) is 0.863. The summed E-state index contributed by atoms with van der Waals surface area (Å²) in [6, 6.07) is -0.971. The Hall–Kier alpha value is -0.650. The lowest BCUT2D eigenvalue weighted by Gasteiger charge is -2.35. The molecule has 0 unspecified atom stereocenters. The van der Waals surface area contributed by atoms with E-state index in [0.717, 1.165) is 0 Å².